The van der Waals surface area contributed by atoms with Crippen molar-refractivity contribution in [1.82, 2.24) is 10.7 Å². The molecule has 1 saturated carbocycles. The quantitative estimate of drug-likeness (QED) is 0.439. The van der Waals surface area contributed by atoms with Crippen molar-refractivity contribution >= 4 is 34.6 Å². The molecule has 134 valence electrons. The van der Waals surface area contributed by atoms with Crippen molar-refractivity contribution in [3.63, 3.8) is 0 Å². The van der Waals surface area contributed by atoms with Crippen LogP contribution in [-0.4, -0.2) is 29.4 Å². The zero-order valence-corrected chi connectivity index (χ0v) is 15.4. The lowest BCUT2D eigenvalue weighted by Crippen LogP contribution is -2.44. The van der Waals surface area contributed by atoms with Crippen LogP contribution in [0.2, 0.25) is 0 Å². The van der Waals surface area contributed by atoms with Gasteiger partial charge < -0.3 is 15.4 Å². The Kier molecular flexibility index (Phi) is 5.53. The molecule has 2 aliphatic rings. The first-order valence-corrected chi connectivity index (χ1v) is 9.11. The van der Waals surface area contributed by atoms with Crippen LogP contribution in [0, 0.1) is 5.92 Å². The molecule has 1 fully saturated rings. The number of fused-ring (bicyclic) bond motifs is 1. The fourth-order valence-electron chi connectivity index (χ4n) is 3.24. The molecule has 0 unspecified atom stereocenters. The molecule has 1 aromatic carbocycles. The Bertz CT molecular complexity index is 704. The number of benzene rings is 1. The van der Waals surface area contributed by atoms with Crippen molar-refractivity contribution in [2.45, 2.75) is 45.6 Å². The molecular formula is C18H24N4O2S. The van der Waals surface area contributed by atoms with E-state index in [0.717, 1.165) is 17.7 Å². The standard InChI is InChI=1S/C18H24N4O2S/c1-11-5-3-4-6-14(11)20-18(25)22-21-12(2)13-7-8-16-15(9-13)19-17(23)10-24-16/h7-9,11,14H,3-6,10H2,1-2H3,(H,19,23)(H2,20,22,25)/b21-12-/t11-,14+/m0/s1. The lowest BCUT2D eigenvalue weighted by atomic mass is 9.86. The van der Waals surface area contributed by atoms with Crippen LogP contribution in [0.3, 0.4) is 0 Å². The first kappa shape index (κ1) is 17.7. The molecule has 1 aliphatic heterocycles. The van der Waals surface area contributed by atoms with Gasteiger partial charge in [-0.1, -0.05) is 19.8 Å². The molecule has 0 saturated heterocycles. The number of nitrogens with zero attached hydrogens (tertiary/aromatic N) is 1. The molecule has 1 aromatic rings. The highest BCUT2D eigenvalue weighted by atomic mass is 32.1. The summed E-state index contributed by atoms with van der Waals surface area (Å²) in [5.41, 5.74) is 5.27. The van der Waals surface area contributed by atoms with E-state index in [1.165, 1.54) is 19.3 Å². The van der Waals surface area contributed by atoms with Crippen molar-refractivity contribution in [2.24, 2.45) is 11.0 Å². The maximum absolute atomic E-state index is 11.4. The summed E-state index contributed by atoms with van der Waals surface area (Å²) in [6, 6.07) is 6.02. The summed E-state index contributed by atoms with van der Waals surface area (Å²) in [7, 11) is 0. The van der Waals surface area contributed by atoms with Gasteiger partial charge in [-0.3, -0.25) is 10.2 Å². The van der Waals surface area contributed by atoms with Gasteiger partial charge in [-0.25, -0.2) is 0 Å². The van der Waals surface area contributed by atoms with Crippen molar-refractivity contribution in [3.05, 3.63) is 23.8 Å². The summed E-state index contributed by atoms with van der Waals surface area (Å²) in [6.45, 7) is 4.21. The molecule has 0 aromatic heterocycles. The van der Waals surface area contributed by atoms with Gasteiger partial charge in [0.2, 0.25) is 0 Å². The number of carbonyl (C=O) groups is 1. The molecule has 0 radical (unpaired) electrons. The fraction of sp³-hybridized carbons (Fsp3) is 0.500. The van der Waals surface area contributed by atoms with Gasteiger partial charge in [0.05, 0.1) is 11.4 Å². The molecular weight excluding hydrogens is 336 g/mol. The molecule has 7 heteroatoms. The van der Waals surface area contributed by atoms with Gasteiger partial charge in [0.1, 0.15) is 5.75 Å². The van der Waals surface area contributed by atoms with Crippen LogP contribution < -0.4 is 20.8 Å². The second kappa shape index (κ2) is 7.82. The molecule has 2 atom stereocenters. The van der Waals surface area contributed by atoms with E-state index in [1.807, 2.05) is 25.1 Å². The first-order valence-electron chi connectivity index (χ1n) is 8.71. The van der Waals surface area contributed by atoms with Crippen LogP contribution >= 0.6 is 12.2 Å². The Labute approximate surface area is 153 Å². The number of thiocarbonyl (C=S) groups is 1. The minimum absolute atomic E-state index is 0.0561. The predicted octanol–water partition coefficient (Wildman–Crippen LogP) is 2.78. The number of hydrogen-bond donors (Lipinski definition) is 3. The van der Waals surface area contributed by atoms with Gasteiger partial charge in [0, 0.05) is 6.04 Å². The van der Waals surface area contributed by atoms with Gasteiger partial charge in [-0.15, -0.1) is 0 Å². The van der Waals surface area contributed by atoms with Crippen molar-refractivity contribution < 1.29 is 9.53 Å². The molecule has 1 aliphatic carbocycles. The molecule has 6 nitrogen and oxygen atoms in total. The number of hydrazone groups is 1. The molecule has 1 amide bonds. The maximum atomic E-state index is 11.4. The Morgan fingerprint density at radius 3 is 2.96 bits per heavy atom. The Morgan fingerprint density at radius 2 is 2.16 bits per heavy atom. The third kappa shape index (κ3) is 4.48. The van der Waals surface area contributed by atoms with E-state index < -0.39 is 0 Å². The average Bonchev–Trinajstić information content (AvgIpc) is 2.61. The third-order valence-electron chi connectivity index (χ3n) is 4.78. The summed E-state index contributed by atoms with van der Waals surface area (Å²) in [6.07, 6.45) is 4.94. The summed E-state index contributed by atoms with van der Waals surface area (Å²) in [5.74, 6) is 1.15. The van der Waals surface area contributed by atoms with Gasteiger partial charge in [-0.05, 0) is 61.7 Å². The lowest BCUT2D eigenvalue weighted by molar-refractivity contribution is -0.118. The topological polar surface area (TPSA) is 74.8 Å². The van der Waals surface area contributed by atoms with E-state index >= 15 is 0 Å². The van der Waals surface area contributed by atoms with E-state index in [0.29, 0.717) is 28.5 Å². The van der Waals surface area contributed by atoms with Gasteiger partial charge >= 0.3 is 0 Å². The SMILES string of the molecule is C/C(=N/NC(=S)N[C@@H]1CCCC[C@@H]1C)c1ccc2c(c1)NC(=O)CO2. The highest BCUT2D eigenvalue weighted by Crippen LogP contribution is 2.28. The van der Waals surface area contributed by atoms with E-state index in [2.05, 4.69) is 28.1 Å². The van der Waals surface area contributed by atoms with E-state index in [1.54, 1.807) is 0 Å². The van der Waals surface area contributed by atoms with Crippen molar-refractivity contribution in [3.8, 4) is 5.75 Å². The number of anilines is 1. The molecule has 25 heavy (non-hydrogen) atoms. The number of rotatable bonds is 3. The highest BCUT2D eigenvalue weighted by molar-refractivity contribution is 7.80. The summed E-state index contributed by atoms with van der Waals surface area (Å²) < 4.78 is 5.36. The van der Waals surface area contributed by atoms with Crippen LogP contribution in [0.4, 0.5) is 5.69 Å². The number of amides is 1. The van der Waals surface area contributed by atoms with Gasteiger partial charge in [0.15, 0.2) is 11.7 Å². The molecule has 1 heterocycles. The summed E-state index contributed by atoms with van der Waals surface area (Å²) >= 11 is 5.36. The highest BCUT2D eigenvalue weighted by Gasteiger charge is 2.21. The van der Waals surface area contributed by atoms with Crippen molar-refractivity contribution in [2.75, 3.05) is 11.9 Å². The Balaban J connectivity index is 1.60. The van der Waals surface area contributed by atoms with E-state index in [-0.39, 0.29) is 12.5 Å². The van der Waals surface area contributed by atoms with Crippen molar-refractivity contribution in [1.29, 1.82) is 0 Å². The fourth-order valence-corrected chi connectivity index (χ4v) is 3.44. The van der Waals surface area contributed by atoms with Crippen LogP contribution in [0.25, 0.3) is 0 Å². The predicted molar refractivity (Wildman–Crippen MR) is 103 cm³/mol. The minimum Gasteiger partial charge on any atom is -0.482 e. The average molecular weight is 360 g/mol. The number of hydrogen-bond acceptors (Lipinski definition) is 4. The Morgan fingerprint density at radius 1 is 1.36 bits per heavy atom. The van der Waals surface area contributed by atoms with Crippen LogP contribution in [0.15, 0.2) is 23.3 Å². The second-order valence-electron chi connectivity index (χ2n) is 6.70. The maximum Gasteiger partial charge on any atom is 0.262 e. The number of nitrogens with one attached hydrogen (secondary N) is 3. The van der Waals surface area contributed by atoms with E-state index in [9.17, 15) is 4.79 Å². The minimum atomic E-state index is -0.149. The molecule has 0 bridgehead atoms. The number of ether oxygens (including phenoxy) is 1. The third-order valence-corrected chi connectivity index (χ3v) is 4.99. The van der Waals surface area contributed by atoms with Gasteiger partial charge in [-0.2, -0.15) is 5.10 Å². The largest absolute Gasteiger partial charge is 0.482 e. The number of carbonyl (C=O) groups excluding carboxylic acids is 1. The summed E-state index contributed by atoms with van der Waals surface area (Å²) in [4.78, 5) is 11.4. The smallest absolute Gasteiger partial charge is 0.262 e. The molecule has 3 N–H and O–H groups in total. The van der Waals surface area contributed by atoms with Crippen LogP contribution in [0.1, 0.15) is 45.1 Å². The molecule has 3 rings (SSSR count). The summed E-state index contributed by atoms with van der Waals surface area (Å²) in [5, 5.41) is 11.1. The van der Waals surface area contributed by atoms with Crippen LogP contribution in [0.5, 0.6) is 5.75 Å². The van der Waals surface area contributed by atoms with Gasteiger partial charge in [0.25, 0.3) is 5.91 Å². The van der Waals surface area contributed by atoms with E-state index in [4.69, 9.17) is 17.0 Å². The zero-order valence-electron chi connectivity index (χ0n) is 14.6. The monoisotopic (exact) mass is 360 g/mol. The normalized spacial score (nSPS) is 23.1. The molecule has 0 spiro atoms. The van der Waals surface area contributed by atoms with Crippen LogP contribution in [-0.2, 0) is 4.79 Å². The first-order chi connectivity index (χ1) is 12.0. The second-order valence-corrected chi connectivity index (χ2v) is 7.11. The lowest BCUT2D eigenvalue weighted by Gasteiger charge is -2.30. The zero-order chi connectivity index (χ0) is 17.8. The Hall–Kier alpha value is -2.15.